The Morgan fingerprint density at radius 3 is 1.29 bits per heavy atom. The average Bonchev–Trinajstić information content (AvgIpc) is 3.13. The van der Waals surface area contributed by atoms with Gasteiger partial charge in [-0.1, -0.05) is 0 Å². The summed E-state index contributed by atoms with van der Waals surface area (Å²) in [6, 6.07) is 14.4. The molecule has 2 aromatic carbocycles. The van der Waals surface area contributed by atoms with Crippen molar-refractivity contribution in [2.24, 2.45) is 11.5 Å². The molecule has 302 valence electrons. The lowest BCUT2D eigenvalue weighted by molar-refractivity contribution is -0.140. The molecule has 1 amide bonds. The van der Waals surface area contributed by atoms with E-state index in [1.807, 2.05) is 29.2 Å². The van der Waals surface area contributed by atoms with Crippen molar-refractivity contribution in [2.75, 3.05) is 115 Å². The fraction of sp³-hybridized carbons (Fsp3) is 0.500. The number of benzene rings is 2. The number of aliphatic carboxylic acids is 3. The highest BCUT2D eigenvalue weighted by molar-refractivity contribution is 5.95. The molecular weight excluding hydrogens is 714 g/mol. The maximum atomic E-state index is 13.1. The van der Waals surface area contributed by atoms with E-state index in [1.165, 1.54) is 0 Å². The molecule has 19 heteroatoms. The van der Waals surface area contributed by atoms with Crippen molar-refractivity contribution < 1.29 is 39.2 Å². The fourth-order valence-corrected chi connectivity index (χ4v) is 5.78. The number of carboxylic acids is 3. The van der Waals surface area contributed by atoms with Gasteiger partial charge < -0.3 is 47.5 Å². The normalized spacial score (nSPS) is 15.9. The molecule has 0 atom stereocenters. The Labute approximate surface area is 320 Å². The van der Waals surface area contributed by atoms with Crippen LogP contribution in [0.4, 0.5) is 11.4 Å². The molecule has 19 nitrogen and oxygen atoms in total. The number of anilines is 2. The van der Waals surface area contributed by atoms with Gasteiger partial charge in [0.15, 0.2) is 0 Å². The first-order valence-corrected chi connectivity index (χ1v) is 18.1. The summed E-state index contributed by atoms with van der Waals surface area (Å²) in [5, 5.41) is 53.1. The van der Waals surface area contributed by atoms with Gasteiger partial charge >= 0.3 is 17.9 Å². The average molecular weight is 770 g/mol. The van der Waals surface area contributed by atoms with Crippen LogP contribution in [0.3, 0.4) is 0 Å². The molecule has 0 spiro atoms. The Kier molecular flexibility index (Phi) is 18.8. The van der Waals surface area contributed by atoms with Crippen molar-refractivity contribution in [3.05, 3.63) is 59.7 Å². The number of nitrogens with two attached hydrogens (primary N) is 2. The Morgan fingerprint density at radius 1 is 0.618 bits per heavy atom. The van der Waals surface area contributed by atoms with Gasteiger partial charge in [-0.15, -0.1) is 0 Å². The van der Waals surface area contributed by atoms with Crippen LogP contribution in [-0.4, -0.2) is 181 Å². The van der Waals surface area contributed by atoms with Crippen LogP contribution in [0.2, 0.25) is 0 Å². The Hall–Kier alpha value is -5.34. The predicted molar refractivity (Wildman–Crippen MR) is 208 cm³/mol. The summed E-state index contributed by atoms with van der Waals surface area (Å²) in [5.74, 6) is -3.33. The molecule has 1 heterocycles. The smallest absolute Gasteiger partial charge is 0.317 e. The highest BCUT2D eigenvalue weighted by Gasteiger charge is 2.21. The summed E-state index contributed by atoms with van der Waals surface area (Å²) in [4.78, 5) is 54.6. The van der Waals surface area contributed by atoms with Gasteiger partial charge in [-0.3, -0.25) is 49.6 Å². The van der Waals surface area contributed by atoms with Crippen LogP contribution in [0.15, 0.2) is 48.5 Å². The number of carbonyl (C=O) groups is 4. The number of carbonyl (C=O) groups excluding carboxylic acids is 1. The van der Waals surface area contributed by atoms with Gasteiger partial charge in [-0.2, -0.15) is 0 Å². The van der Waals surface area contributed by atoms with E-state index in [4.69, 9.17) is 27.0 Å². The first-order chi connectivity index (χ1) is 26.3. The highest BCUT2D eigenvalue weighted by Crippen LogP contribution is 2.12. The lowest BCUT2D eigenvalue weighted by atomic mass is 10.2. The van der Waals surface area contributed by atoms with Crippen molar-refractivity contribution in [3.63, 3.8) is 0 Å². The number of amides is 1. The first kappa shape index (κ1) is 44.1. The summed E-state index contributed by atoms with van der Waals surface area (Å²) < 4.78 is 6.20. The molecule has 2 aromatic rings. The number of rotatable bonds is 21. The third-order valence-corrected chi connectivity index (χ3v) is 8.83. The van der Waals surface area contributed by atoms with Gasteiger partial charge in [0, 0.05) is 101 Å². The summed E-state index contributed by atoms with van der Waals surface area (Å²) in [5.41, 5.74) is 14.0. The monoisotopic (exact) mass is 769 g/mol. The summed E-state index contributed by atoms with van der Waals surface area (Å²) in [6.45, 7) is 3.39. The summed E-state index contributed by atoms with van der Waals surface area (Å²) >= 11 is 0. The number of hydrogen-bond acceptors (Lipinski definition) is 13. The van der Waals surface area contributed by atoms with Crippen LogP contribution < -0.4 is 27.4 Å². The standard InChI is InChI=1S/C36H55N11O8/c37-35(38)26-2-6-28(7-3-26)42-20-30(21-43-29-8-4-27(5-9-29)36(39)40)55-19-1-10-41-31(48)22-44-11-13-45(23-32(49)50)15-17-47(25-34(53)54)18-16-46(14-12-44)24-33(51)52/h2-9,30,42-43H,1,10-25H2,(H3,37,38)(H3,39,40)(H,41,48)(H,49,50)(H,51,52)(H,53,54). The van der Waals surface area contributed by atoms with Gasteiger partial charge in [-0.25, -0.2) is 0 Å². The molecule has 1 fully saturated rings. The lowest BCUT2D eigenvalue weighted by Crippen LogP contribution is -2.49. The number of nitrogens with one attached hydrogen (secondary N) is 5. The number of hydrogen-bond donors (Lipinski definition) is 10. The molecule has 1 saturated heterocycles. The minimum Gasteiger partial charge on any atom is -0.480 e. The molecule has 12 N–H and O–H groups in total. The van der Waals surface area contributed by atoms with E-state index in [2.05, 4.69) is 16.0 Å². The van der Waals surface area contributed by atoms with E-state index in [-0.39, 0.29) is 49.9 Å². The van der Waals surface area contributed by atoms with Crippen LogP contribution in [-0.2, 0) is 23.9 Å². The van der Waals surface area contributed by atoms with Gasteiger partial charge in [0.1, 0.15) is 11.7 Å². The predicted octanol–water partition coefficient (Wildman–Crippen LogP) is -0.854. The molecule has 0 unspecified atom stereocenters. The zero-order valence-corrected chi connectivity index (χ0v) is 31.0. The van der Waals surface area contributed by atoms with Crippen LogP contribution in [0.25, 0.3) is 0 Å². The maximum absolute atomic E-state index is 13.1. The second-order valence-electron chi connectivity index (χ2n) is 13.2. The minimum absolute atomic E-state index is 0.0179. The minimum atomic E-state index is -1.03. The largest absolute Gasteiger partial charge is 0.480 e. The molecule has 0 radical (unpaired) electrons. The number of carboxylic acid groups (broad SMARTS) is 3. The van der Waals surface area contributed by atoms with Crippen molar-refractivity contribution in [2.45, 2.75) is 12.5 Å². The molecule has 1 aliphatic heterocycles. The summed E-state index contributed by atoms with van der Waals surface area (Å²) in [6.07, 6.45) is 0.241. The van der Waals surface area contributed by atoms with Gasteiger partial charge in [0.25, 0.3) is 0 Å². The molecule has 0 bridgehead atoms. The molecular formula is C36H55N11O8. The maximum Gasteiger partial charge on any atom is 0.317 e. The SMILES string of the molecule is N=C(N)c1ccc(NCC(CNc2ccc(C(=N)N)cc2)OCCCNC(=O)CN2CCN(CC(=O)O)CCN(CC(=O)O)CCN(CC(=O)O)CC2)cc1. The third kappa shape index (κ3) is 18.0. The Bertz CT molecular complexity index is 1470. The van der Waals surface area contributed by atoms with Gasteiger partial charge in [0.05, 0.1) is 32.3 Å². The Balaban J connectivity index is 1.55. The van der Waals surface area contributed by atoms with Crippen molar-refractivity contribution in [3.8, 4) is 0 Å². The number of nitrogens with zero attached hydrogens (tertiary/aromatic N) is 4. The quantitative estimate of drug-likeness (QED) is 0.0420. The van der Waals surface area contributed by atoms with Gasteiger partial charge in [-0.05, 0) is 55.0 Å². The van der Waals surface area contributed by atoms with Crippen molar-refractivity contribution in [1.82, 2.24) is 24.9 Å². The van der Waals surface area contributed by atoms with Crippen LogP contribution >= 0.6 is 0 Å². The second kappa shape index (κ2) is 23.4. The van der Waals surface area contributed by atoms with Crippen LogP contribution in [0.1, 0.15) is 17.5 Å². The Morgan fingerprint density at radius 2 is 0.964 bits per heavy atom. The molecule has 0 aromatic heterocycles. The van der Waals surface area contributed by atoms with E-state index in [0.29, 0.717) is 96.1 Å². The topological polar surface area (TPSA) is 287 Å². The van der Waals surface area contributed by atoms with Gasteiger partial charge in [0.2, 0.25) is 5.91 Å². The van der Waals surface area contributed by atoms with E-state index < -0.39 is 17.9 Å². The van der Waals surface area contributed by atoms with E-state index in [0.717, 1.165) is 11.4 Å². The fourth-order valence-electron chi connectivity index (χ4n) is 5.78. The first-order valence-electron chi connectivity index (χ1n) is 18.1. The molecule has 0 aliphatic carbocycles. The van der Waals surface area contributed by atoms with E-state index in [1.54, 1.807) is 39.0 Å². The number of amidine groups is 2. The van der Waals surface area contributed by atoms with Crippen LogP contribution in [0, 0.1) is 10.8 Å². The molecule has 0 saturated carbocycles. The van der Waals surface area contributed by atoms with Crippen molar-refractivity contribution in [1.29, 1.82) is 10.8 Å². The van der Waals surface area contributed by atoms with E-state index in [9.17, 15) is 34.5 Å². The molecule has 3 rings (SSSR count). The zero-order chi connectivity index (χ0) is 40.2. The second-order valence-corrected chi connectivity index (χ2v) is 13.2. The third-order valence-electron chi connectivity index (χ3n) is 8.83. The summed E-state index contributed by atoms with van der Waals surface area (Å²) in [7, 11) is 0. The van der Waals surface area contributed by atoms with Crippen molar-refractivity contribution >= 4 is 46.9 Å². The molecule has 1 aliphatic rings. The molecule has 55 heavy (non-hydrogen) atoms. The van der Waals surface area contributed by atoms with E-state index >= 15 is 0 Å². The van der Waals surface area contributed by atoms with Crippen LogP contribution in [0.5, 0.6) is 0 Å². The zero-order valence-electron chi connectivity index (χ0n) is 31.0. The number of ether oxygens (including phenoxy) is 1. The highest BCUT2D eigenvalue weighted by atomic mass is 16.5. The lowest BCUT2D eigenvalue weighted by Gasteiger charge is -2.32. The number of nitrogen functional groups attached to an aromatic ring is 2.